The molecular weight excluding hydrogens is 210 g/mol. The molecule has 1 aliphatic rings. The molecule has 0 aliphatic carbocycles. The molecule has 16 heavy (non-hydrogen) atoms. The summed E-state index contributed by atoms with van der Waals surface area (Å²) in [7, 11) is 0. The van der Waals surface area contributed by atoms with Crippen LogP contribution in [0.5, 0.6) is 0 Å². The van der Waals surface area contributed by atoms with Gasteiger partial charge in [0.25, 0.3) is 6.43 Å². The number of hydrogen-bond donors (Lipinski definition) is 1. The fraction of sp³-hybridized carbons (Fsp3) is 0.500. The van der Waals surface area contributed by atoms with E-state index in [1.54, 1.807) is 12.1 Å². The van der Waals surface area contributed by atoms with E-state index in [1.165, 1.54) is 0 Å². The molecule has 1 heterocycles. The molecule has 2 nitrogen and oxygen atoms in total. The molecule has 0 saturated carbocycles. The van der Waals surface area contributed by atoms with Crippen molar-refractivity contribution in [2.75, 3.05) is 26.2 Å². The number of benzene rings is 1. The van der Waals surface area contributed by atoms with E-state index in [0.29, 0.717) is 18.7 Å². The van der Waals surface area contributed by atoms with Gasteiger partial charge in [-0.3, -0.25) is 4.90 Å². The van der Waals surface area contributed by atoms with E-state index in [1.807, 2.05) is 23.1 Å². The summed E-state index contributed by atoms with van der Waals surface area (Å²) in [5.74, 6) is 0. The van der Waals surface area contributed by atoms with Crippen molar-refractivity contribution in [2.24, 2.45) is 0 Å². The molecule has 1 aliphatic heterocycles. The zero-order valence-electron chi connectivity index (χ0n) is 9.07. The highest BCUT2D eigenvalue weighted by molar-refractivity contribution is 5.19. The predicted molar refractivity (Wildman–Crippen MR) is 59.6 cm³/mol. The average Bonchev–Trinajstić information content (AvgIpc) is 2.31. The molecule has 88 valence electrons. The van der Waals surface area contributed by atoms with E-state index < -0.39 is 12.5 Å². The molecule has 0 radical (unpaired) electrons. The maximum Gasteiger partial charge on any atom is 0.258 e. The molecule has 1 aromatic rings. The molecule has 0 unspecified atom stereocenters. The summed E-state index contributed by atoms with van der Waals surface area (Å²) in [4.78, 5) is 1.86. The van der Waals surface area contributed by atoms with Crippen LogP contribution in [0.3, 0.4) is 0 Å². The smallest absolute Gasteiger partial charge is 0.258 e. The van der Waals surface area contributed by atoms with Crippen LogP contribution in [0, 0.1) is 0 Å². The lowest BCUT2D eigenvalue weighted by Crippen LogP contribution is -2.46. The van der Waals surface area contributed by atoms with Gasteiger partial charge in [0, 0.05) is 26.2 Å². The van der Waals surface area contributed by atoms with Crippen LogP contribution in [0.25, 0.3) is 0 Å². The third-order valence-electron chi connectivity index (χ3n) is 2.92. The molecule has 1 N–H and O–H groups in total. The Labute approximate surface area is 94.3 Å². The van der Waals surface area contributed by atoms with Crippen molar-refractivity contribution in [1.29, 1.82) is 0 Å². The maximum absolute atomic E-state index is 13.1. The largest absolute Gasteiger partial charge is 0.314 e. The van der Waals surface area contributed by atoms with Crippen LogP contribution in [-0.2, 0) is 0 Å². The minimum absolute atomic E-state index is 0.684. The highest BCUT2D eigenvalue weighted by Gasteiger charge is 2.29. The maximum atomic E-state index is 13.1. The molecule has 1 atom stereocenters. The SMILES string of the molecule is FC(F)[C@@H](c1ccccc1)N1CCNCC1. The second-order valence-electron chi connectivity index (χ2n) is 3.98. The number of piperazine rings is 1. The topological polar surface area (TPSA) is 15.3 Å². The lowest BCUT2D eigenvalue weighted by molar-refractivity contribution is 0.0182. The fourth-order valence-electron chi connectivity index (χ4n) is 2.13. The molecule has 1 fully saturated rings. The van der Waals surface area contributed by atoms with Gasteiger partial charge in [-0.15, -0.1) is 0 Å². The molecule has 1 aromatic carbocycles. The van der Waals surface area contributed by atoms with Gasteiger partial charge < -0.3 is 5.32 Å². The van der Waals surface area contributed by atoms with E-state index in [0.717, 1.165) is 13.1 Å². The van der Waals surface area contributed by atoms with E-state index in [4.69, 9.17) is 0 Å². The van der Waals surface area contributed by atoms with Crippen LogP contribution in [-0.4, -0.2) is 37.5 Å². The first kappa shape index (κ1) is 11.5. The van der Waals surface area contributed by atoms with Crippen LogP contribution >= 0.6 is 0 Å². The Morgan fingerprint density at radius 1 is 1.06 bits per heavy atom. The average molecular weight is 226 g/mol. The monoisotopic (exact) mass is 226 g/mol. The molecule has 2 rings (SSSR count). The predicted octanol–water partition coefficient (Wildman–Crippen LogP) is 1.90. The Kier molecular flexibility index (Phi) is 3.85. The van der Waals surface area contributed by atoms with Crippen LogP contribution in [0.1, 0.15) is 11.6 Å². The number of alkyl halides is 2. The molecule has 1 saturated heterocycles. The Bertz CT molecular complexity index is 310. The quantitative estimate of drug-likeness (QED) is 0.846. The van der Waals surface area contributed by atoms with Crippen LogP contribution in [0.2, 0.25) is 0 Å². The summed E-state index contributed by atoms with van der Waals surface area (Å²) in [6.07, 6.45) is -2.33. The second kappa shape index (κ2) is 5.37. The fourth-order valence-corrected chi connectivity index (χ4v) is 2.13. The first-order valence-electron chi connectivity index (χ1n) is 5.57. The lowest BCUT2D eigenvalue weighted by Gasteiger charge is -2.34. The van der Waals surface area contributed by atoms with Crippen molar-refractivity contribution in [3.8, 4) is 0 Å². The van der Waals surface area contributed by atoms with Gasteiger partial charge in [-0.05, 0) is 5.56 Å². The van der Waals surface area contributed by atoms with Crippen molar-refractivity contribution in [2.45, 2.75) is 12.5 Å². The van der Waals surface area contributed by atoms with Gasteiger partial charge in [0.05, 0.1) is 6.04 Å². The molecular formula is C12H16F2N2. The number of hydrogen-bond acceptors (Lipinski definition) is 2. The van der Waals surface area contributed by atoms with Gasteiger partial charge in [-0.1, -0.05) is 30.3 Å². The summed E-state index contributed by atoms with van der Waals surface area (Å²) in [6.45, 7) is 2.94. The first-order valence-corrected chi connectivity index (χ1v) is 5.57. The van der Waals surface area contributed by atoms with E-state index in [9.17, 15) is 8.78 Å². The number of halogens is 2. The van der Waals surface area contributed by atoms with Gasteiger partial charge in [-0.2, -0.15) is 0 Å². The first-order chi connectivity index (χ1) is 7.79. The number of nitrogens with zero attached hydrogens (tertiary/aromatic N) is 1. The van der Waals surface area contributed by atoms with E-state index >= 15 is 0 Å². The normalized spacial score (nSPS) is 19.9. The minimum Gasteiger partial charge on any atom is -0.314 e. The zero-order chi connectivity index (χ0) is 11.4. The lowest BCUT2D eigenvalue weighted by atomic mass is 10.1. The number of nitrogens with one attached hydrogen (secondary N) is 1. The molecule has 0 bridgehead atoms. The molecule has 0 amide bonds. The summed E-state index contributed by atoms with van der Waals surface area (Å²) in [5.41, 5.74) is 0.708. The van der Waals surface area contributed by atoms with Crippen molar-refractivity contribution in [3.05, 3.63) is 35.9 Å². The van der Waals surface area contributed by atoms with Crippen molar-refractivity contribution >= 4 is 0 Å². The third kappa shape index (κ3) is 2.57. The van der Waals surface area contributed by atoms with Crippen molar-refractivity contribution in [3.63, 3.8) is 0 Å². The summed E-state index contributed by atoms with van der Waals surface area (Å²) in [5, 5.41) is 3.17. The standard InChI is InChI=1S/C12H16F2N2/c13-12(14)11(10-4-2-1-3-5-10)16-8-6-15-7-9-16/h1-5,11-12,15H,6-9H2/t11-/m1/s1. The van der Waals surface area contributed by atoms with Gasteiger partial charge in [0.1, 0.15) is 0 Å². The summed E-state index contributed by atoms with van der Waals surface area (Å²) in [6, 6.07) is 8.27. The highest BCUT2D eigenvalue weighted by Crippen LogP contribution is 2.27. The van der Waals surface area contributed by atoms with E-state index in [-0.39, 0.29) is 0 Å². The number of rotatable bonds is 3. The van der Waals surface area contributed by atoms with E-state index in [2.05, 4.69) is 5.32 Å². The highest BCUT2D eigenvalue weighted by atomic mass is 19.3. The molecule has 0 spiro atoms. The Morgan fingerprint density at radius 2 is 1.69 bits per heavy atom. The summed E-state index contributed by atoms with van der Waals surface area (Å²) >= 11 is 0. The Balaban J connectivity index is 2.16. The van der Waals surface area contributed by atoms with Crippen LogP contribution < -0.4 is 5.32 Å². The minimum atomic E-state index is -2.33. The second-order valence-corrected chi connectivity index (χ2v) is 3.98. The molecule has 4 heteroatoms. The molecule has 0 aromatic heterocycles. The Morgan fingerprint density at radius 3 is 2.25 bits per heavy atom. The third-order valence-corrected chi connectivity index (χ3v) is 2.92. The van der Waals surface area contributed by atoms with Crippen LogP contribution in [0.15, 0.2) is 30.3 Å². The summed E-state index contributed by atoms with van der Waals surface area (Å²) < 4.78 is 26.2. The van der Waals surface area contributed by atoms with Gasteiger partial charge in [-0.25, -0.2) is 8.78 Å². The van der Waals surface area contributed by atoms with Crippen LogP contribution in [0.4, 0.5) is 8.78 Å². The zero-order valence-corrected chi connectivity index (χ0v) is 9.07. The van der Waals surface area contributed by atoms with Crippen molar-refractivity contribution in [1.82, 2.24) is 10.2 Å². The van der Waals surface area contributed by atoms with Gasteiger partial charge in [0.15, 0.2) is 0 Å². The van der Waals surface area contributed by atoms with Gasteiger partial charge in [0.2, 0.25) is 0 Å². The van der Waals surface area contributed by atoms with Gasteiger partial charge >= 0.3 is 0 Å². The Hall–Kier alpha value is -1.00. The van der Waals surface area contributed by atoms with Crippen molar-refractivity contribution < 1.29 is 8.78 Å².